The van der Waals surface area contributed by atoms with Crippen LogP contribution in [0.2, 0.25) is 0 Å². The molecule has 0 saturated heterocycles. The molecule has 150 valence electrons. The van der Waals surface area contributed by atoms with Crippen molar-refractivity contribution in [3.05, 3.63) is 46.0 Å². The largest absolute Gasteiger partial charge is 0.496 e. The van der Waals surface area contributed by atoms with Crippen molar-refractivity contribution in [2.75, 3.05) is 7.11 Å². The SMILES string of the molecule is COc1cc2c(cc1-c1c(C)noc1C)c(=O)[nH]c1cnc(CC3CCCC3)n12. The molecule has 7 nitrogen and oxygen atoms in total. The van der Waals surface area contributed by atoms with Crippen molar-refractivity contribution >= 4 is 16.6 Å². The summed E-state index contributed by atoms with van der Waals surface area (Å²) in [5.74, 6) is 3.02. The highest BCUT2D eigenvalue weighted by Gasteiger charge is 2.22. The summed E-state index contributed by atoms with van der Waals surface area (Å²) in [6.07, 6.45) is 7.74. The van der Waals surface area contributed by atoms with Crippen molar-refractivity contribution in [3.8, 4) is 16.9 Å². The molecule has 1 aliphatic carbocycles. The molecule has 0 unspecified atom stereocenters. The summed E-state index contributed by atoms with van der Waals surface area (Å²) in [7, 11) is 1.64. The molecule has 3 heterocycles. The van der Waals surface area contributed by atoms with E-state index in [0.717, 1.165) is 34.6 Å². The highest BCUT2D eigenvalue weighted by molar-refractivity contribution is 5.90. The Morgan fingerprint density at radius 1 is 1.28 bits per heavy atom. The smallest absolute Gasteiger partial charge is 0.258 e. The summed E-state index contributed by atoms with van der Waals surface area (Å²) in [6, 6.07) is 3.80. The number of H-pyrrole nitrogens is 1. The van der Waals surface area contributed by atoms with Gasteiger partial charge in [0, 0.05) is 18.1 Å². The average molecular weight is 392 g/mol. The molecular weight excluding hydrogens is 368 g/mol. The van der Waals surface area contributed by atoms with Crippen LogP contribution in [-0.2, 0) is 6.42 Å². The van der Waals surface area contributed by atoms with Crippen LogP contribution in [-0.4, -0.2) is 26.6 Å². The van der Waals surface area contributed by atoms with Crippen LogP contribution in [0.25, 0.3) is 27.7 Å². The molecule has 0 radical (unpaired) electrons. The Morgan fingerprint density at radius 2 is 2.07 bits per heavy atom. The van der Waals surface area contributed by atoms with Crippen molar-refractivity contribution in [1.29, 1.82) is 0 Å². The van der Waals surface area contributed by atoms with Crippen LogP contribution >= 0.6 is 0 Å². The fourth-order valence-electron chi connectivity index (χ4n) is 4.72. The molecule has 1 N–H and O–H groups in total. The lowest BCUT2D eigenvalue weighted by Gasteiger charge is -2.13. The molecule has 7 heteroatoms. The van der Waals surface area contributed by atoms with Gasteiger partial charge in [0.25, 0.3) is 5.56 Å². The predicted octanol–water partition coefficient (Wildman–Crippen LogP) is 4.19. The topological polar surface area (TPSA) is 85.4 Å². The highest BCUT2D eigenvalue weighted by atomic mass is 16.5. The van der Waals surface area contributed by atoms with Crippen molar-refractivity contribution in [2.45, 2.75) is 46.0 Å². The molecule has 5 rings (SSSR count). The Kier molecular flexibility index (Phi) is 4.19. The molecular formula is C22H24N4O3. The second-order valence-electron chi connectivity index (χ2n) is 7.97. The van der Waals surface area contributed by atoms with E-state index < -0.39 is 0 Å². The third-order valence-electron chi connectivity index (χ3n) is 6.13. The number of aromatic amines is 1. The first kappa shape index (κ1) is 18.0. The predicted molar refractivity (Wildman–Crippen MR) is 111 cm³/mol. The number of nitrogens with one attached hydrogen (secondary N) is 1. The summed E-state index contributed by atoms with van der Waals surface area (Å²) in [6.45, 7) is 3.75. The Labute approximate surface area is 167 Å². The van der Waals surface area contributed by atoms with Crippen molar-refractivity contribution in [2.24, 2.45) is 5.92 Å². The molecule has 1 saturated carbocycles. The first-order valence-electron chi connectivity index (χ1n) is 10.1. The van der Waals surface area contributed by atoms with E-state index in [1.54, 1.807) is 13.3 Å². The minimum absolute atomic E-state index is 0.143. The first-order chi connectivity index (χ1) is 14.1. The minimum Gasteiger partial charge on any atom is -0.496 e. The van der Waals surface area contributed by atoms with Gasteiger partial charge < -0.3 is 14.2 Å². The standard InChI is InChI=1S/C22H24N4O3/c1-12-21(13(2)29-25-12)16-9-15-17(10-18(16)28-3)26-19(8-14-6-4-5-7-14)23-11-20(26)24-22(15)27/h9-11,14H,4-8H2,1-3H3,(H,24,27). The zero-order chi connectivity index (χ0) is 20.1. The van der Waals surface area contributed by atoms with Gasteiger partial charge in [-0.1, -0.05) is 30.8 Å². The van der Waals surface area contributed by atoms with Gasteiger partial charge in [0.05, 0.1) is 35.5 Å². The number of methoxy groups -OCH3 is 1. The second kappa shape index (κ2) is 6.76. The summed E-state index contributed by atoms with van der Waals surface area (Å²) in [5, 5.41) is 4.65. The van der Waals surface area contributed by atoms with Crippen molar-refractivity contribution in [1.82, 2.24) is 19.5 Å². The summed E-state index contributed by atoms with van der Waals surface area (Å²) in [5.41, 5.74) is 3.81. The Balaban J connectivity index is 1.77. The van der Waals surface area contributed by atoms with E-state index in [2.05, 4.69) is 19.5 Å². The van der Waals surface area contributed by atoms with Crippen LogP contribution in [0.3, 0.4) is 0 Å². The van der Waals surface area contributed by atoms with Gasteiger partial charge in [-0.3, -0.25) is 9.20 Å². The van der Waals surface area contributed by atoms with E-state index in [1.807, 2.05) is 26.0 Å². The lowest BCUT2D eigenvalue weighted by atomic mass is 10.0. The molecule has 0 amide bonds. The zero-order valence-electron chi connectivity index (χ0n) is 16.9. The fourth-order valence-corrected chi connectivity index (χ4v) is 4.72. The second-order valence-corrected chi connectivity index (χ2v) is 7.97. The molecule has 0 aliphatic heterocycles. The van der Waals surface area contributed by atoms with Gasteiger partial charge >= 0.3 is 0 Å². The van der Waals surface area contributed by atoms with Gasteiger partial charge in [-0.15, -0.1) is 0 Å². The van der Waals surface area contributed by atoms with E-state index in [4.69, 9.17) is 9.26 Å². The van der Waals surface area contributed by atoms with Gasteiger partial charge in [0.1, 0.15) is 23.0 Å². The number of ether oxygens (including phenoxy) is 1. The monoisotopic (exact) mass is 392 g/mol. The number of benzene rings is 1. The van der Waals surface area contributed by atoms with Gasteiger partial charge in [-0.2, -0.15) is 0 Å². The molecule has 1 fully saturated rings. The number of nitrogens with zero attached hydrogens (tertiary/aromatic N) is 3. The quantitative estimate of drug-likeness (QED) is 0.563. The maximum absolute atomic E-state index is 12.9. The van der Waals surface area contributed by atoms with E-state index >= 15 is 0 Å². The molecule has 1 aromatic carbocycles. The van der Waals surface area contributed by atoms with Gasteiger partial charge in [-0.05, 0) is 25.8 Å². The summed E-state index contributed by atoms with van der Waals surface area (Å²) >= 11 is 0. The van der Waals surface area contributed by atoms with E-state index in [-0.39, 0.29) is 5.56 Å². The lowest BCUT2D eigenvalue weighted by molar-refractivity contribution is 0.393. The van der Waals surface area contributed by atoms with Crippen LogP contribution in [0.5, 0.6) is 5.75 Å². The number of rotatable bonds is 4. The molecule has 1 aliphatic rings. The van der Waals surface area contributed by atoms with Crippen molar-refractivity contribution in [3.63, 3.8) is 0 Å². The Bertz CT molecular complexity index is 1260. The summed E-state index contributed by atoms with van der Waals surface area (Å²) < 4.78 is 13.1. The molecule has 0 spiro atoms. The van der Waals surface area contributed by atoms with Crippen LogP contribution in [0.4, 0.5) is 0 Å². The average Bonchev–Trinajstić information content (AvgIpc) is 3.43. The van der Waals surface area contributed by atoms with Crippen LogP contribution in [0.1, 0.15) is 43.0 Å². The number of hydrogen-bond donors (Lipinski definition) is 1. The number of aromatic nitrogens is 4. The Hall–Kier alpha value is -3.09. The molecule has 4 aromatic rings. The fraction of sp³-hybridized carbons (Fsp3) is 0.409. The van der Waals surface area contributed by atoms with E-state index in [9.17, 15) is 4.79 Å². The van der Waals surface area contributed by atoms with Crippen LogP contribution in [0.15, 0.2) is 27.6 Å². The third kappa shape index (κ3) is 2.84. The zero-order valence-corrected chi connectivity index (χ0v) is 16.9. The van der Waals surface area contributed by atoms with Gasteiger partial charge in [-0.25, -0.2) is 4.98 Å². The molecule has 0 bridgehead atoms. The molecule has 3 aromatic heterocycles. The summed E-state index contributed by atoms with van der Waals surface area (Å²) in [4.78, 5) is 20.5. The first-order valence-corrected chi connectivity index (χ1v) is 10.1. The highest BCUT2D eigenvalue weighted by Crippen LogP contribution is 2.37. The van der Waals surface area contributed by atoms with E-state index in [1.165, 1.54) is 25.7 Å². The number of imidazole rings is 1. The van der Waals surface area contributed by atoms with E-state index in [0.29, 0.717) is 28.5 Å². The Morgan fingerprint density at radius 3 is 2.76 bits per heavy atom. The number of aryl methyl sites for hydroxylation is 2. The van der Waals surface area contributed by atoms with Gasteiger partial charge in [0.2, 0.25) is 0 Å². The van der Waals surface area contributed by atoms with Crippen LogP contribution in [0, 0.1) is 19.8 Å². The maximum Gasteiger partial charge on any atom is 0.258 e. The number of hydrogen-bond acceptors (Lipinski definition) is 5. The third-order valence-corrected chi connectivity index (χ3v) is 6.13. The van der Waals surface area contributed by atoms with Gasteiger partial charge in [0.15, 0.2) is 0 Å². The lowest BCUT2D eigenvalue weighted by Crippen LogP contribution is -2.12. The maximum atomic E-state index is 12.9. The normalized spacial score (nSPS) is 15.0. The molecule has 0 atom stereocenters. The number of fused-ring (bicyclic) bond motifs is 3. The van der Waals surface area contributed by atoms with Crippen molar-refractivity contribution < 1.29 is 9.26 Å². The molecule has 29 heavy (non-hydrogen) atoms. The minimum atomic E-state index is -0.143. The van der Waals surface area contributed by atoms with Crippen LogP contribution < -0.4 is 10.3 Å².